The summed E-state index contributed by atoms with van der Waals surface area (Å²) in [5.74, 6) is 1.40. The summed E-state index contributed by atoms with van der Waals surface area (Å²) in [6.45, 7) is 1.92. The Balaban J connectivity index is 2.16. The summed E-state index contributed by atoms with van der Waals surface area (Å²) in [4.78, 5) is 8.49. The van der Waals surface area contributed by atoms with Crippen LogP contribution in [0.4, 0.5) is 11.6 Å². The van der Waals surface area contributed by atoms with Crippen LogP contribution >= 0.6 is 15.9 Å². The standard InChI is InChI=1S/C12H12BrN3O/c1-8-11(13)7-14-12(15-8)16-9-3-5-10(17-2)6-4-9/h3-7H,1-2H3,(H,14,15,16). The molecule has 0 bridgehead atoms. The van der Waals surface area contributed by atoms with Gasteiger partial charge in [0.15, 0.2) is 0 Å². The van der Waals surface area contributed by atoms with Gasteiger partial charge in [0.2, 0.25) is 5.95 Å². The van der Waals surface area contributed by atoms with Gasteiger partial charge in [0.25, 0.3) is 0 Å². The predicted molar refractivity (Wildman–Crippen MR) is 70.7 cm³/mol. The largest absolute Gasteiger partial charge is 0.497 e. The molecule has 88 valence electrons. The van der Waals surface area contributed by atoms with E-state index in [1.54, 1.807) is 13.3 Å². The second-order valence-corrected chi connectivity index (χ2v) is 4.33. The monoisotopic (exact) mass is 293 g/mol. The van der Waals surface area contributed by atoms with Crippen molar-refractivity contribution in [3.8, 4) is 5.75 Å². The third-order valence-corrected chi connectivity index (χ3v) is 3.04. The van der Waals surface area contributed by atoms with Crippen molar-refractivity contribution in [1.82, 2.24) is 9.97 Å². The summed E-state index contributed by atoms with van der Waals surface area (Å²) < 4.78 is 5.99. The quantitative estimate of drug-likeness (QED) is 0.943. The van der Waals surface area contributed by atoms with E-state index in [1.807, 2.05) is 31.2 Å². The highest BCUT2D eigenvalue weighted by molar-refractivity contribution is 9.10. The van der Waals surface area contributed by atoms with Crippen LogP contribution < -0.4 is 10.1 Å². The third-order valence-electron chi connectivity index (χ3n) is 2.27. The van der Waals surface area contributed by atoms with Crippen LogP contribution in [0.15, 0.2) is 34.9 Å². The SMILES string of the molecule is COc1ccc(Nc2ncc(Br)c(C)n2)cc1. The lowest BCUT2D eigenvalue weighted by Crippen LogP contribution is -1.98. The predicted octanol–water partition coefficient (Wildman–Crippen LogP) is 3.30. The Labute approximate surface area is 108 Å². The van der Waals surface area contributed by atoms with Crippen molar-refractivity contribution >= 4 is 27.6 Å². The first-order valence-corrected chi connectivity index (χ1v) is 5.88. The zero-order valence-corrected chi connectivity index (χ0v) is 11.2. The molecule has 5 heteroatoms. The number of rotatable bonds is 3. The average Bonchev–Trinajstić information content (AvgIpc) is 2.35. The number of aryl methyl sites for hydroxylation is 1. The number of halogens is 1. The number of nitrogens with zero attached hydrogens (tertiary/aromatic N) is 2. The molecule has 0 fully saturated rings. The van der Waals surface area contributed by atoms with Gasteiger partial charge in [-0.25, -0.2) is 9.97 Å². The van der Waals surface area contributed by atoms with E-state index < -0.39 is 0 Å². The van der Waals surface area contributed by atoms with Crippen molar-refractivity contribution in [2.24, 2.45) is 0 Å². The van der Waals surface area contributed by atoms with Crippen molar-refractivity contribution < 1.29 is 4.74 Å². The maximum absolute atomic E-state index is 5.09. The maximum Gasteiger partial charge on any atom is 0.227 e. The van der Waals surface area contributed by atoms with E-state index in [0.29, 0.717) is 5.95 Å². The van der Waals surface area contributed by atoms with Crippen LogP contribution in [0.2, 0.25) is 0 Å². The molecule has 0 saturated carbocycles. The lowest BCUT2D eigenvalue weighted by molar-refractivity contribution is 0.415. The molecule has 1 aromatic heterocycles. The Morgan fingerprint density at radius 2 is 1.94 bits per heavy atom. The minimum Gasteiger partial charge on any atom is -0.497 e. The summed E-state index contributed by atoms with van der Waals surface area (Å²) in [5.41, 5.74) is 1.82. The van der Waals surface area contributed by atoms with E-state index in [9.17, 15) is 0 Å². The first-order valence-electron chi connectivity index (χ1n) is 5.09. The van der Waals surface area contributed by atoms with Crippen LogP contribution in [-0.4, -0.2) is 17.1 Å². The maximum atomic E-state index is 5.09. The summed E-state index contributed by atoms with van der Waals surface area (Å²) in [6, 6.07) is 7.60. The molecule has 0 aliphatic heterocycles. The van der Waals surface area contributed by atoms with E-state index in [4.69, 9.17) is 4.74 Å². The Morgan fingerprint density at radius 1 is 1.24 bits per heavy atom. The number of anilines is 2. The normalized spacial score (nSPS) is 10.1. The van der Waals surface area contributed by atoms with Gasteiger partial charge in [-0.2, -0.15) is 0 Å². The lowest BCUT2D eigenvalue weighted by atomic mass is 10.3. The topological polar surface area (TPSA) is 47.0 Å². The number of hydrogen-bond donors (Lipinski definition) is 1. The second-order valence-electron chi connectivity index (χ2n) is 3.48. The summed E-state index contributed by atoms with van der Waals surface area (Å²) in [5, 5.41) is 3.12. The van der Waals surface area contributed by atoms with Crippen LogP contribution in [0.25, 0.3) is 0 Å². The molecule has 0 amide bonds. The number of nitrogens with one attached hydrogen (secondary N) is 1. The van der Waals surface area contributed by atoms with Crippen LogP contribution in [0.5, 0.6) is 5.75 Å². The zero-order valence-electron chi connectivity index (χ0n) is 9.57. The zero-order chi connectivity index (χ0) is 12.3. The molecule has 0 aliphatic rings. The molecule has 2 rings (SSSR count). The molecule has 0 atom stereocenters. The molecule has 4 nitrogen and oxygen atoms in total. The van der Waals surface area contributed by atoms with Crippen molar-refractivity contribution in [2.75, 3.05) is 12.4 Å². The van der Waals surface area contributed by atoms with E-state index in [-0.39, 0.29) is 0 Å². The highest BCUT2D eigenvalue weighted by atomic mass is 79.9. The Morgan fingerprint density at radius 3 is 2.53 bits per heavy atom. The lowest BCUT2D eigenvalue weighted by Gasteiger charge is -2.06. The van der Waals surface area contributed by atoms with E-state index in [0.717, 1.165) is 21.6 Å². The molecule has 0 aliphatic carbocycles. The molecule has 1 aromatic carbocycles. The van der Waals surface area contributed by atoms with Gasteiger partial charge in [-0.15, -0.1) is 0 Å². The number of aromatic nitrogens is 2. The molecular formula is C12H12BrN3O. The number of hydrogen-bond acceptors (Lipinski definition) is 4. The van der Waals surface area contributed by atoms with Crippen LogP contribution in [-0.2, 0) is 0 Å². The summed E-state index contributed by atoms with van der Waals surface area (Å²) in [6.07, 6.45) is 1.73. The van der Waals surface area contributed by atoms with E-state index in [1.165, 1.54) is 0 Å². The van der Waals surface area contributed by atoms with Crippen molar-refractivity contribution in [1.29, 1.82) is 0 Å². The van der Waals surface area contributed by atoms with Crippen LogP contribution in [0, 0.1) is 6.92 Å². The van der Waals surface area contributed by atoms with Gasteiger partial charge in [0.05, 0.1) is 17.3 Å². The Kier molecular flexibility index (Phi) is 3.58. The summed E-state index contributed by atoms with van der Waals surface area (Å²) >= 11 is 3.36. The minimum atomic E-state index is 0.580. The fourth-order valence-corrected chi connectivity index (χ4v) is 1.51. The molecule has 1 heterocycles. The third kappa shape index (κ3) is 2.94. The molecule has 1 N–H and O–H groups in total. The van der Waals surface area contributed by atoms with E-state index >= 15 is 0 Å². The molecule has 0 unspecified atom stereocenters. The fraction of sp³-hybridized carbons (Fsp3) is 0.167. The van der Waals surface area contributed by atoms with Crippen molar-refractivity contribution in [3.63, 3.8) is 0 Å². The van der Waals surface area contributed by atoms with Crippen molar-refractivity contribution in [2.45, 2.75) is 6.92 Å². The second kappa shape index (κ2) is 5.14. The van der Waals surface area contributed by atoms with Crippen molar-refractivity contribution in [3.05, 3.63) is 40.6 Å². The van der Waals surface area contributed by atoms with Gasteiger partial charge in [0, 0.05) is 11.9 Å². The molecule has 0 saturated heterocycles. The van der Waals surface area contributed by atoms with E-state index in [2.05, 4.69) is 31.2 Å². The number of benzene rings is 1. The molecule has 17 heavy (non-hydrogen) atoms. The van der Waals surface area contributed by atoms with Gasteiger partial charge in [-0.1, -0.05) is 0 Å². The van der Waals surface area contributed by atoms with Gasteiger partial charge < -0.3 is 10.1 Å². The van der Waals surface area contributed by atoms with Gasteiger partial charge in [-0.3, -0.25) is 0 Å². The highest BCUT2D eigenvalue weighted by Gasteiger charge is 2.01. The van der Waals surface area contributed by atoms with Crippen LogP contribution in [0.3, 0.4) is 0 Å². The molecular weight excluding hydrogens is 282 g/mol. The molecule has 0 radical (unpaired) electrons. The number of ether oxygens (including phenoxy) is 1. The first-order chi connectivity index (χ1) is 8.19. The first kappa shape index (κ1) is 11.9. The smallest absolute Gasteiger partial charge is 0.227 e. The highest BCUT2D eigenvalue weighted by Crippen LogP contribution is 2.19. The fourth-order valence-electron chi connectivity index (χ4n) is 1.32. The van der Waals surface area contributed by atoms with Gasteiger partial charge >= 0.3 is 0 Å². The minimum absolute atomic E-state index is 0.580. The van der Waals surface area contributed by atoms with Crippen LogP contribution in [0.1, 0.15) is 5.69 Å². The van der Waals surface area contributed by atoms with Gasteiger partial charge in [-0.05, 0) is 47.1 Å². The number of methoxy groups -OCH3 is 1. The van der Waals surface area contributed by atoms with Gasteiger partial charge in [0.1, 0.15) is 5.75 Å². The molecule has 0 spiro atoms. The Hall–Kier alpha value is -1.62. The average molecular weight is 294 g/mol. The Bertz CT molecular complexity index is 514. The molecule has 2 aromatic rings. The summed E-state index contributed by atoms with van der Waals surface area (Å²) in [7, 11) is 1.64.